The van der Waals surface area contributed by atoms with Gasteiger partial charge in [0.25, 0.3) is 0 Å². The van der Waals surface area contributed by atoms with Gasteiger partial charge in [0.15, 0.2) is 11.5 Å². The second kappa shape index (κ2) is 2.66. The Kier molecular flexibility index (Phi) is 1.55. The van der Waals surface area contributed by atoms with E-state index in [0.29, 0.717) is 12.2 Å². The highest BCUT2D eigenvalue weighted by molar-refractivity contribution is 5.47. The second-order valence-corrected chi connectivity index (χ2v) is 4.20. The van der Waals surface area contributed by atoms with Gasteiger partial charge in [0.1, 0.15) is 0 Å². The summed E-state index contributed by atoms with van der Waals surface area (Å²) < 4.78 is 10.7. The van der Waals surface area contributed by atoms with Crippen molar-refractivity contribution in [3.05, 3.63) is 23.8 Å². The topological polar surface area (TPSA) is 18.5 Å². The van der Waals surface area contributed by atoms with Crippen LogP contribution in [-0.2, 0) is 5.41 Å². The van der Waals surface area contributed by atoms with E-state index in [9.17, 15) is 0 Å². The molecule has 1 aromatic carbocycles. The molecule has 1 fully saturated rings. The normalized spacial score (nSPS) is 20.9. The maximum Gasteiger partial charge on any atom is 0.231 e. The predicted octanol–water partition coefficient (Wildman–Crippen LogP) is 2.86. The van der Waals surface area contributed by atoms with Gasteiger partial charge in [-0.25, -0.2) is 0 Å². The molecule has 1 aliphatic carbocycles. The van der Waals surface area contributed by atoms with E-state index in [1.807, 2.05) is 6.07 Å². The molecule has 0 unspecified atom stereocenters. The molecule has 14 heavy (non-hydrogen) atoms. The van der Waals surface area contributed by atoms with Crippen molar-refractivity contribution in [2.75, 3.05) is 6.79 Å². The number of fused-ring (bicyclic) bond motifs is 1. The van der Waals surface area contributed by atoms with Gasteiger partial charge >= 0.3 is 0 Å². The lowest BCUT2D eigenvalue weighted by Gasteiger charge is -2.12. The smallest absolute Gasteiger partial charge is 0.231 e. The molecule has 0 saturated heterocycles. The minimum absolute atomic E-state index is 0.373. The van der Waals surface area contributed by atoms with Crippen LogP contribution >= 0.6 is 0 Å². The molecule has 0 bridgehead atoms. The molecule has 0 N–H and O–H groups in total. The summed E-state index contributed by atoms with van der Waals surface area (Å²) in [6, 6.07) is 6.37. The molecule has 0 radical (unpaired) electrons. The van der Waals surface area contributed by atoms with Crippen molar-refractivity contribution in [3.8, 4) is 11.5 Å². The summed E-state index contributed by atoms with van der Waals surface area (Å²) in [5.41, 5.74) is 1.88. The zero-order chi connectivity index (χ0) is 9.60. The molecule has 1 saturated carbocycles. The van der Waals surface area contributed by atoms with E-state index in [-0.39, 0.29) is 0 Å². The van der Waals surface area contributed by atoms with E-state index < -0.39 is 0 Å². The van der Waals surface area contributed by atoms with Gasteiger partial charge in [-0.15, -0.1) is 0 Å². The van der Waals surface area contributed by atoms with Gasteiger partial charge in [-0.1, -0.05) is 13.0 Å². The summed E-state index contributed by atoms with van der Waals surface area (Å²) in [7, 11) is 0. The van der Waals surface area contributed by atoms with E-state index in [0.717, 1.165) is 11.5 Å². The molecule has 1 aliphatic heterocycles. The first-order valence-corrected chi connectivity index (χ1v) is 5.24. The zero-order valence-electron chi connectivity index (χ0n) is 8.38. The molecule has 1 heterocycles. The summed E-state index contributed by atoms with van der Waals surface area (Å²) in [6.07, 6.45) is 3.87. The molecule has 0 aromatic heterocycles. The highest BCUT2D eigenvalue weighted by Crippen LogP contribution is 2.52. The lowest BCUT2D eigenvalue weighted by molar-refractivity contribution is 0.174. The monoisotopic (exact) mass is 190 g/mol. The van der Waals surface area contributed by atoms with Crippen molar-refractivity contribution in [1.29, 1.82) is 0 Å². The van der Waals surface area contributed by atoms with Crippen LogP contribution in [0.4, 0.5) is 0 Å². The van der Waals surface area contributed by atoms with Crippen LogP contribution in [0.15, 0.2) is 18.2 Å². The first-order chi connectivity index (χ1) is 6.84. The predicted molar refractivity (Wildman–Crippen MR) is 53.8 cm³/mol. The Hall–Kier alpha value is -1.18. The van der Waals surface area contributed by atoms with Gasteiger partial charge in [-0.3, -0.25) is 0 Å². The summed E-state index contributed by atoms with van der Waals surface area (Å²) in [5.74, 6) is 1.81. The van der Waals surface area contributed by atoms with Crippen molar-refractivity contribution in [2.24, 2.45) is 0 Å². The van der Waals surface area contributed by atoms with Gasteiger partial charge in [-0.05, 0) is 42.4 Å². The highest BCUT2D eigenvalue weighted by Gasteiger charge is 2.42. The Morgan fingerprint density at radius 1 is 1.21 bits per heavy atom. The van der Waals surface area contributed by atoms with Crippen LogP contribution < -0.4 is 9.47 Å². The van der Waals surface area contributed by atoms with Crippen LogP contribution in [0.25, 0.3) is 0 Å². The van der Waals surface area contributed by atoms with E-state index in [4.69, 9.17) is 9.47 Å². The quantitative estimate of drug-likeness (QED) is 0.714. The molecule has 2 nitrogen and oxygen atoms in total. The Labute approximate surface area is 83.8 Å². The Morgan fingerprint density at radius 3 is 2.71 bits per heavy atom. The number of benzene rings is 1. The van der Waals surface area contributed by atoms with E-state index in [1.165, 1.54) is 24.8 Å². The average molecular weight is 190 g/mol. The largest absolute Gasteiger partial charge is 0.454 e. The van der Waals surface area contributed by atoms with Gasteiger partial charge < -0.3 is 9.47 Å². The van der Waals surface area contributed by atoms with Crippen molar-refractivity contribution < 1.29 is 9.47 Å². The fraction of sp³-hybridized carbons (Fsp3) is 0.500. The van der Waals surface area contributed by atoms with Crippen molar-refractivity contribution in [2.45, 2.75) is 31.6 Å². The molecular formula is C12H14O2. The average Bonchev–Trinajstić information content (AvgIpc) is 2.89. The lowest BCUT2D eigenvalue weighted by atomic mass is 9.93. The van der Waals surface area contributed by atoms with Gasteiger partial charge in [0.05, 0.1) is 0 Å². The van der Waals surface area contributed by atoms with Crippen LogP contribution in [0.2, 0.25) is 0 Å². The van der Waals surface area contributed by atoms with Crippen LogP contribution in [0.1, 0.15) is 31.7 Å². The molecule has 2 aliphatic rings. The van der Waals surface area contributed by atoms with Crippen LogP contribution in [-0.4, -0.2) is 6.79 Å². The summed E-state index contributed by atoms with van der Waals surface area (Å²) in [5, 5.41) is 0. The number of ether oxygens (including phenoxy) is 2. The molecule has 0 atom stereocenters. The van der Waals surface area contributed by atoms with Crippen LogP contribution in [0, 0.1) is 0 Å². The van der Waals surface area contributed by atoms with E-state index >= 15 is 0 Å². The van der Waals surface area contributed by atoms with Crippen molar-refractivity contribution >= 4 is 0 Å². The van der Waals surface area contributed by atoms with Crippen molar-refractivity contribution in [1.82, 2.24) is 0 Å². The molecule has 1 aromatic rings. The molecule has 0 amide bonds. The zero-order valence-corrected chi connectivity index (χ0v) is 8.38. The summed E-state index contributed by atoms with van der Waals surface area (Å²) in [6.45, 7) is 2.63. The third-order valence-electron chi connectivity index (χ3n) is 3.52. The minimum atomic E-state index is 0.373. The minimum Gasteiger partial charge on any atom is -0.454 e. The Balaban J connectivity index is 2.00. The van der Waals surface area contributed by atoms with Gasteiger partial charge in [0, 0.05) is 0 Å². The second-order valence-electron chi connectivity index (χ2n) is 4.20. The van der Waals surface area contributed by atoms with Gasteiger partial charge in [-0.2, -0.15) is 0 Å². The first kappa shape index (κ1) is 8.16. The maximum atomic E-state index is 5.38. The Morgan fingerprint density at radius 2 is 2.00 bits per heavy atom. The first-order valence-electron chi connectivity index (χ1n) is 5.24. The van der Waals surface area contributed by atoms with E-state index in [2.05, 4.69) is 19.1 Å². The fourth-order valence-electron chi connectivity index (χ4n) is 2.22. The lowest BCUT2D eigenvalue weighted by Crippen LogP contribution is -2.03. The Bertz CT molecular complexity index is 367. The maximum absolute atomic E-state index is 5.38. The van der Waals surface area contributed by atoms with Gasteiger partial charge in [0.2, 0.25) is 6.79 Å². The molecule has 2 heteroatoms. The summed E-state index contributed by atoms with van der Waals surface area (Å²) >= 11 is 0. The highest BCUT2D eigenvalue weighted by atomic mass is 16.7. The molecule has 0 spiro atoms. The fourth-order valence-corrected chi connectivity index (χ4v) is 2.22. The van der Waals surface area contributed by atoms with E-state index in [1.54, 1.807) is 0 Å². The number of hydrogen-bond donors (Lipinski definition) is 0. The SMILES string of the molecule is CCC1(c2ccc3c(c2)OCO3)CC1. The van der Waals surface area contributed by atoms with Crippen molar-refractivity contribution in [3.63, 3.8) is 0 Å². The molecule has 74 valence electrons. The standard InChI is InChI=1S/C12H14O2/c1-2-12(5-6-12)9-3-4-10-11(7-9)14-8-13-10/h3-4,7H,2,5-6,8H2,1H3. The number of rotatable bonds is 2. The third kappa shape index (κ3) is 1.03. The number of hydrogen-bond acceptors (Lipinski definition) is 2. The van der Waals surface area contributed by atoms with Crippen LogP contribution in [0.3, 0.4) is 0 Å². The third-order valence-corrected chi connectivity index (χ3v) is 3.52. The summed E-state index contributed by atoms with van der Waals surface area (Å²) in [4.78, 5) is 0. The molecular weight excluding hydrogens is 176 g/mol. The van der Waals surface area contributed by atoms with Crippen LogP contribution in [0.5, 0.6) is 11.5 Å². The molecule has 3 rings (SSSR count).